The van der Waals surface area contributed by atoms with E-state index in [4.69, 9.17) is 30.5 Å². The molecular weight excluding hydrogens is 550 g/mol. The molecule has 0 saturated carbocycles. The zero-order valence-electron chi connectivity index (χ0n) is 22.8. The second kappa shape index (κ2) is 11.8. The number of halogens is 1. The minimum Gasteiger partial charge on any atom is -0.493 e. The lowest BCUT2D eigenvalue weighted by atomic mass is 10.1. The fourth-order valence-corrected chi connectivity index (χ4v) is 4.93. The number of ether oxygens (including phenoxy) is 2. The van der Waals surface area contributed by atoms with Crippen molar-refractivity contribution in [3.8, 4) is 23.1 Å². The van der Waals surface area contributed by atoms with E-state index in [-0.39, 0.29) is 11.4 Å². The number of allylic oxidation sites excluding steroid dienone is 1. The van der Waals surface area contributed by atoms with Gasteiger partial charge in [-0.05, 0) is 66.1 Å². The van der Waals surface area contributed by atoms with Crippen molar-refractivity contribution >= 4 is 39.7 Å². The number of rotatable bonds is 9. The van der Waals surface area contributed by atoms with E-state index in [1.165, 1.54) is 4.68 Å². The summed E-state index contributed by atoms with van der Waals surface area (Å²) in [6.07, 6.45) is 3.94. The summed E-state index contributed by atoms with van der Waals surface area (Å²) in [5.41, 5.74) is 3.46. The maximum Gasteiger partial charge on any atom is 0.282 e. The van der Waals surface area contributed by atoms with E-state index in [0.717, 1.165) is 16.5 Å². The first-order chi connectivity index (χ1) is 20.5. The van der Waals surface area contributed by atoms with Gasteiger partial charge in [-0.3, -0.25) is 4.79 Å². The molecule has 208 valence electrons. The Kier molecular flexibility index (Phi) is 7.58. The van der Waals surface area contributed by atoms with Crippen molar-refractivity contribution in [1.29, 1.82) is 0 Å². The Morgan fingerprint density at radius 2 is 1.83 bits per heavy atom. The van der Waals surface area contributed by atoms with Crippen molar-refractivity contribution in [1.82, 2.24) is 9.66 Å². The average Bonchev–Trinajstić information content (AvgIpc) is 3.43. The van der Waals surface area contributed by atoms with Crippen LogP contribution in [-0.4, -0.2) is 23.0 Å². The van der Waals surface area contributed by atoms with Crippen LogP contribution in [0.25, 0.3) is 33.5 Å². The number of hydrogen-bond acceptors (Lipinski definition) is 6. The highest BCUT2D eigenvalue weighted by molar-refractivity contribution is 6.31. The van der Waals surface area contributed by atoms with E-state index in [1.807, 2.05) is 48.5 Å². The fourth-order valence-electron chi connectivity index (χ4n) is 4.75. The van der Waals surface area contributed by atoms with Crippen molar-refractivity contribution in [2.75, 3.05) is 7.11 Å². The van der Waals surface area contributed by atoms with E-state index in [9.17, 15) is 4.79 Å². The molecule has 0 fully saturated rings. The topological polar surface area (TPSA) is 78.9 Å². The highest BCUT2D eigenvalue weighted by Crippen LogP contribution is 2.34. The van der Waals surface area contributed by atoms with Crippen LogP contribution >= 0.6 is 11.6 Å². The molecule has 0 N–H and O–H groups in total. The van der Waals surface area contributed by atoms with Gasteiger partial charge in [-0.25, -0.2) is 4.98 Å². The number of hydrogen-bond donors (Lipinski definition) is 0. The van der Waals surface area contributed by atoms with Gasteiger partial charge in [-0.15, -0.1) is 6.58 Å². The predicted octanol–water partition coefficient (Wildman–Crippen LogP) is 7.66. The smallest absolute Gasteiger partial charge is 0.282 e. The molecule has 4 aromatic carbocycles. The molecule has 6 rings (SSSR count). The van der Waals surface area contributed by atoms with Crippen LogP contribution in [0, 0.1) is 0 Å². The number of benzene rings is 4. The van der Waals surface area contributed by atoms with E-state index < -0.39 is 0 Å². The summed E-state index contributed by atoms with van der Waals surface area (Å²) in [7, 11) is 1.59. The van der Waals surface area contributed by atoms with Crippen LogP contribution in [0.4, 0.5) is 0 Å². The summed E-state index contributed by atoms with van der Waals surface area (Å²) in [6, 6.07) is 27.9. The maximum absolute atomic E-state index is 13.7. The Morgan fingerprint density at radius 3 is 2.64 bits per heavy atom. The second-order valence-corrected chi connectivity index (χ2v) is 10.0. The van der Waals surface area contributed by atoms with Crippen LogP contribution in [0.15, 0.2) is 118 Å². The molecule has 0 atom stereocenters. The molecule has 42 heavy (non-hydrogen) atoms. The Bertz CT molecular complexity index is 2010. The van der Waals surface area contributed by atoms with Gasteiger partial charge in [0.15, 0.2) is 17.3 Å². The van der Waals surface area contributed by atoms with Crippen molar-refractivity contribution in [3.63, 3.8) is 0 Å². The first-order valence-electron chi connectivity index (χ1n) is 13.3. The van der Waals surface area contributed by atoms with Crippen LogP contribution in [0.1, 0.15) is 16.7 Å². The molecule has 0 aliphatic heterocycles. The average molecular weight is 576 g/mol. The fraction of sp³-hybridized carbons (Fsp3) is 0.0882. The van der Waals surface area contributed by atoms with Crippen molar-refractivity contribution < 1.29 is 13.9 Å². The second-order valence-electron chi connectivity index (χ2n) is 9.59. The number of furan rings is 1. The molecule has 0 bridgehead atoms. The Labute approximate surface area is 246 Å². The first-order valence-corrected chi connectivity index (χ1v) is 13.7. The zero-order chi connectivity index (χ0) is 29.1. The third-order valence-corrected chi connectivity index (χ3v) is 6.97. The standard InChI is InChI=1S/C34H26ClN3O4/c1-3-9-24-16-23(17-30(40-2)32(24)41-21-22-10-5-4-6-11-22)20-36-38-33(37-28-13-8-7-12-27(28)34(38)39)31-19-25-18-26(35)14-15-29(25)42-31/h3-8,10-20H,1,9,21H2,2H3. The van der Waals surface area contributed by atoms with Gasteiger partial charge in [0, 0.05) is 16.0 Å². The third kappa shape index (κ3) is 5.42. The molecule has 2 heterocycles. The van der Waals surface area contributed by atoms with Crippen LogP contribution in [0.2, 0.25) is 5.02 Å². The quantitative estimate of drug-likeness (QED) is 0.131. The summed E-state index contributed by atoms with van der Waals surface area (Å²) in [5.74, 6) is 1.83. The van der Waals surface area contributed by atoms with Crippen molar-refractivity contribution in [3.05, 3.63) is 136 Å². The van der Waals surface area contributed by atoms with E-state index in [1.54, 1.807) is 61.9 Å². The summed E-state index contributed by atoms with van der Waals surface area (Å²) in [5, 5.41) is 6.41. The van der Waals surface area contributed by atoms with Crippen LogP contribution in [-0.2, 0) is 13.0 Å². The highest BCUT2D eigenvalue weighted by atomic mass is 35.5. The van der Waals surface area contributed by atoms with Gasteiger partial charge in [0.2, 0.25) is 5.82 Å². The normalized spacial score (nSPS) is 11.4. The SMILES string of the molecule is C=CCc1cc(C=Nn2c(-c3cc4cc(Cl)ccc4o3)nc3ccccc3c2=O)cc(OC)c1OCc1ccccc1. The zero-order valence-corrected chi connectivity index (χ0v) is 23.5. The van der Waals surface area contributed by atoms with Crippen molar-refractivity contribution in [2.24, 2.45) is 5.10 Å². The number of methoxy groups -OCH3 is 1. The molecule has 8 heteroatoms. The minimum atomic E-state index is -0.327. The van der Waals surface area contributed by atoms with E-state index in [2.05, 4.69) is 11.7 Å². The monoisotopic (exact) mass is 575 g/mol. The van der Waals surface area contributed by atoms with E-state index in [0.29, 0.717) is 57.4 Å². The molecule has 0 radical (unpaired) electrons. The van der Waals surface area contributed by atoms with Gasteiger partial charge in [0.25, 0.3) is 5.56 Å². The van der Waals surface area contributed by atoms with Gasteiger partial charge < -0.3 is 13.9 Å². The molecular formula is C34H26ClN3O4. The lowest BCUT2D eigenvalue weighted by Crippen LogP contribution is -2.20. The minimum absolute atomic E-state index is 0.267. The molecule has 7 nitrogen and oxygen atoms in total. The summed E-state index contributed by atoms with van der Waals surface area (Å²) in [4.78, 5) is 18.4. The summed E-state index contributed by atoms with van der Waals surface area (Å²) >= 11 is 6.19. The first kappa shape index (κ1) is 27.1. The number of nitrogens with zero attached hydrogens (tertiary/aromatic N) is 3. The van der Waals surface area contributed by atoms with Crippen LogP contribution in [0.5, 0.6) is 11.5 Å². The Morgan fingerprint density at radius 1 is 1.02 bits per heavy atom. The predicted molar refractivity (Wildman–Crippen MR) is 167 cm³/mol. The lowest BCUT2D eigenvalue weighted by Gasteiger charge is -2.16. The molecule has 0 aliphatic rings. The Balaban J connectivity index is 1.44. The number of fused-ring (bicyclic) bond motifs is 2. The largest absolute Gasteiger partial charge is 0.493 e. The molecule has 0 aliphatic carbocycles. The number of aromatic nitrogens is 2. The molecule has 0 spiro atoms. The highest BCUT2D eigenvalue weighted by Gasteiger charge is 2.17. The maximum atomic E-state index is 13.7. The summed E-state index contributed by atoms with van der Waals surface area (Å²) < 4.78 is 19.2. The molecule has 0 saturated heterocycles. The van der Waals surface area contributed by atoms with Gasteiger partial charge in [0.1, 0.15) is 12.2 Å². The van der Waals surface area contributed by atoms with Crippen LogP contribution in [0.3, 0.4) is 0 Å². The summed E-state index contributed by atoms with van der Waals surface area (Å²) in [6.45, 7) is 4.29. The van der Waals surface area contributed by atoms with Crippen molar-refractivity contribution in [2.45, 2.75) is 13.0 Å². The molecule has 0 unspecified atom stereocenters. The molecule has 2 aromatic heterocycles. The van der Waals surface area contributed by atoms with Gasteiger partial charge in [-0.1, -0.05) is 60.1 Å². The van der Waals surface area contributed by atoms with Gasteiger partial charge >= 0.3 is 0 Å². The lowest BCUT2D eigenvalue weighted by molar-refractivity contribution is 0.282. The van der Waals surface area contributed by atoms with Crippen LogP contribution < -0.4 is 15.0 Å². The molecule has 0 amide bonds. The number of para-hydroxylation sites is 1. The molecule has 6 aromatic rings. The van der Waals surface area contributed by atoms with E-state index >= 15 is 0 Å². The van der Waals surface area contributed by atoms with Gasteiger partial charge in [0.05, 0.1) is 24.2 Å². The Hall–Kier alpha value is -5.14. The third-order valence-electron chi connectivity index (χ3n) is 6.74. The van der Waals surface area contributed by atoms with Gasteiger partial charge in [-0.2, -0.15) is 9.78 Å².